The van der Waals surface area contributed by atoms with E-state index in [1.165, 1.54) is 58.0 Å². The van der Waals surface area contributed by atoms with Gasteiger partial charge in [0.15, 0.2) is 0 Å². The highest BCUT2D eigenvalue weighted by atomic mass is 15.1. The van der Waals surface area contributed by atoms with Crippen LogP contribution >= 0.6 is 0 Å². The molecule has 0 spiro atoms. The average Bonchev–Trinajstić information content (AvgIpc) is 2.57. The molecule has 2 nitrogen and oxygen atoms in total. The maximum atomic E-state index is 5.37. The van der Waals surface area contributed by atoms with Gasteiger partial charge in [0.25, 0.3) is 0 Å². The minimum atomic E-state index is 0.734. The van der Waals surface area contributed by atoms with E-state index in [0.717, 1.165) is 24.5 Å². The molecule has 0 aromatic carbocycles. The largest absolute Gasteiger partial charge is 0.311 e. The van der Waals surface area contributed by atoms with Gasteiger partial charge in [-0.15, -0.1) is 6.42 Å². The molecule has 1 saturated carbocycles. The van der Waals surface area contributed by atoms with Crippen molar-refractivity contribution in [1.29, 1.82) is 0 Å². The number of nitrogens with zero attached hydrogens (tertiary/aromatic N) is 1. The minimum absolute atomic E-state index is 0.734. The second kappa shape index (κ2) is 7.16. The molecule has 1 heterocycles. The molecule has 2 atom stereocenters. The number of likely N-dealkylation sites (tertiary alicyclic amines) is 1. The SMILES string of the molecule is C#CCN1CCC(NC2CCCC(C)CC2)CC1. The van der Waals surface area contributed by atoms with Crippen molar-refractivity contribution in [2.75, 3.05) is 19.6 Å². The molecule has 2 fully saturated rings. The first kappa shape index (κ1) is 13.9. The van der Waals surface area contributed by atoms with Gasteiger partial charge in [-0.2, -0.15) is 0 Å². The quantitative estimate of drug-likeness (QED) is 0.610. The highest BCUT2D eigenvalue weighted by Gasteiger charge is 2.22. The van der Waals surface area contributed by atoms with Crippen LogP contribution in [0.25, 0.3) is 0 Å². The summed E-state index contributed by atoms with van der Waals surface area (Å²) in [5.74, 6) is 3.69. The summed E-state index contributed by atoms with van der Waals surface area (Å²) in [4.78, 5) is 2.40. The van der Waals surface area contributed by atoms with E-state index in [1.54, 1.807) is 0 Å². The van der Waals surface area contributed by atoms with E-state index >= 15 is 0 Å². The van der Waals surface area contributed by atoms with Crippen molar-refractivity contribution in [3.8, 4) is 12.3 Å². The Labute approximate surface area is 113 Å². The Bertz CT molecular complexity index is 273. The molecule has 0 bridgehead atoms. The van der Waals surface area contributed by atoms with Gasteiger partial charge >= 0.3 is 0 Å². The molecule has 1 aliphatic heterocycles. The second-order valence-electron chi connectivity index (χ2n) is 6.23. The van der Waals surface area contributed by atoms with Crippen LogP contribution in [0.4, 0.5) is 0 Å². The molecule has 0 aromatic rings. The Hall–Kier alpha value is -0.520. The third-order valence-electron chi connectivity index (χ3n) is 4.63. The van der Waals surface area contributed by atoms with E-state index in [4.69, 9.17) is 6.42 Å². The summed E-state index contributed by atoms with van der Waals surface area (Å²) < 4.78 is 0. The van der Waals surface area contributed by atoms with Crippen LogP contribution in [0.1, 0.15) is 51.9 Å². The van der Waals surface area contributed by atoms with Gasteiger partial charge in [-0.25, -0.2) is 0 Å². The summed E-state index contributed by atoms with van der Waals surface area (Å²) in [5, 5.41) is 3.90. The van der Waals surface area contributed by atoms with Gasteiger partial charge in [0, 0.05) is 25.2 Å². The van der Waals surface area contributed by atoms with Crippen LogP contribution in [0, 0.1) is 18.3 Å². The summed E-state index contributed by atoms with van der Waals surface area (Å²) in [6.45, 7) is 5.57. The van der Waals surface area contributed by atoms with Gasteiger partial charge < -0.3 is 5.32 Å². The van der Waals surface area contributed by atoms with E-state index in [1.807, 2.05) is 0 Å². The van der Waals surface area contributed by atoms with Gasteiger partial charge in [-0.1, -0.05) is 25.7 Å². The van der Waals surface area contributed by atoms with E-state index in [9.17, 15) is 0 Å². The van der Waals surface area contributed by atoms with Gasteiger partial charge in [0.05, 0.1) is 6.54 Å². The van der Waals surface area contributed by atoms with Crippen molar-refractivity contribution in [3.05, 3.63) is 0 Å². The molecule has 2 rings (SSSR count). The predicted octanol–water partition coefficient (Wildman–Crippen LogP) is 2.64. The monoisotopic (exact) mass is 248 g/mol. The fraction of sp³-hybridized carbons (Fsp3) is 0.875. The lowest BCUT2D eigenvalue weighted by Crippen LogP contribution is -2.46. The first-order valence-electron chi connectivity index (χ1n) is 7.70. The molecule has 1 aliphatic carbocycles. The first-order valence-corrected chi connectivity index (χ1v) is 7.70. The second-order valence-corrected chi connectivity index (χ2v) is 6.23. The predicted molar refractivity (Wildman–Crippen MR) is 77.5 cm³/mol. The zero-order valence-electron chi connectivity index (χ0n) is 11.8. The molecule has 2 aliphatic rings. The van der Waals surface area contributed by atoms with Gasteiger partial charge in [-0.05, 0) is 38.0 Å². The molecule has 1 saturated heterocycles. The molecule has 1 N–H and O–H groups in total. The van der Waals surface area contributed by atoms with E-state index in [-0.39, 0.29) is 0 Å². The van der Waals surface area contributed by atoms with Gasteiger partial charge in [0.1, 0.15) is 0 Å². The van der Waals surface area contributed by atoms with Crippen molar-refractivity contribution in [2.24, 2.45) is 5.92 Å². The standard InChI is InChI=1S/C16H28N2/c1-3-11-18-12-9-16(10-13-18)17-15-6-4-5-14(2)7-8-15/h1,14-17H,4-13H2,2H3. The van der Waals surface area contributed by atoms with Crippen molar-refractivity contribution in [1.82, 2.24) is 10.2 Å². The lowest BCUT2D eigenvalue weighted by Gasteiger charge is -2.33. The topological polar surface area (TPSA) is 15.3 Å². The summed E-state index contributed by atoms with van der Waals surface area (Å²) in [7, 11) is 0. The van der Waals surface area contributed by atoms with Crippen LogP contribution < -0.4 is 5.32 Å². The maximum absolute atomic E-state index is 5.37. The van der Waals surface area contributed by atoms with Gasteiger partial charge in [0.2, 0.25) is 0 Å². The lowest BCUT2D eigenvalue weighted by molar-refractivity contribution is 0.205. The third kappa shape index (κ3) is 4.30. The van der Waals surface area contributed by atoms with Crippen LogP contribution in [0.3, 0.4) is 0 Å². The highest BCUT2D eigenvalue weighted by Crippen LogP contribution is 2.23. The fourth-order valence-corrected chi connectivity index (χ4v) is 3.37. The zero-order valence-corrected chi connectivity index (χ0v) is 11.8. The lowest BCUT2D eigenvalue weighted by atomic mass is 10.0. The molecule has 102 valence electrons. The summed E-state index contributed by atoms with van der Waals surface area (Å²) >= 11 is 0. The van der Waals surface area contributed by atoms with Gasteiger partial charge in [-0.3, -0.25) is 4.90 Å². The Kier molecular flexibility index (Phi) is 5.53. The zero-order chi connectivity index (χ0) is 12.8. The van der Waals surface area contributed by atoms with Crippen LogP contribution in [0.2, 0.25) is 0 Å². The number of hydrogen-bond acceptors (Lipinski definition) is 2. The molecule has 0 radical (unpaired) electrons. The molecular formula is C16H28N2. The Morgan fingerprint density at radius 1 is 1.06 bits per heavy atom. The maximum Gasteiger partial charge on any atom is 0.0598 e. The van der Waals surface area contributed by atoms with Crippen LogP contribution in [0.5, 0.6) is 0 Å². The van der Waals surface area contributed by atoms with Crippen LogP contribution in [-0.2, 0) is 0 Å². The number of terminal acetylenes is 1. The van der Waals surface area contributed by atoms with Crippen molar-refractivity contribution in [2.45, 2.75) is 64.0 Å². The van der Waals surface area contributed by atoms with Crippen LogP contribution in [-0.4, -0.2) is 36.6 Å². The normalized spacial score (nSPS) is 31.8. The first-order chi connectivity index (χ1) is 8.78. The highest BCUT2D eigenvalue weighted by molar-refractivity contribution is 4.91. The fourth-order valence-electron chi connectivity index (χ4n) is 3.37. The van der Waals surface area contributed by atoms with Crippen molar-refractivity contribution >= 4 is 0 Å². The third-order valence-corrected chi connectivity index (χ3v) is 4.63. The van der Waals surface area contributed by atoms with Crippen molar-refractivity contribution in [3.63, 3.8) is 0 Å². The molecule has 18 heavy (non-hydrogen) atoms. The summed E-state index contributed by atoms with van der Waals surface area (Å²) in [6.07, 6.45) is 14.9. The summed E-state index contributed by atoms with van der Waals surface area (Å²) in [5.41, 5.74) is 0. The Balaban J connectivity index is 1.69. The molecular weight excluding hydrogens is 220 g/mol. The molecule has 2 heteroatoms. The Morgan fingerprint density at radius 3 is 2.50 bits per heavy atom. The molecule has 2 unspecified atom stereocenters. The van der Waals surface area contributed by atoms with E-state index < -0.39 is 0 Å². The van der Waals surface area contributed by atoms with E-state index in [2.05, 4.69) is 23.1 Å². The smallest absolute Gasteiger partial charge is 0.0598 e. The number of nitrogens with one attached hydrogen (secondary N) is 1. The Morgan fingerprint density at radius 2 is 1.78 bits per heavy atom. The number of rotatable bonds is 3. The van der Waals surface area contributed by atoms with Crippen LogP contribution in [0.15, 0.2) is 0 Å². The minimum Gasteiger partial charge on any atom is -0.311 e. The van der Waals surface area contributed by atoms with Crippen molar-refractivity contribution < 1.29 is 0 Å². The van der Waals surface area contributed by atoms with E-state index in [0.29, 0.717) is 0 Å². The average molecular weight is 248 g/mol. The molecule has 0 aromatic heterocycles. The summed E-state index contributed by atoms with van der Waals surface area (Å²) in [6, 6.07) is 1.51. The number of piperidine rings is 1. The number of hydrogen-bond donors (Lipinski definition) is 1. The molecule has 0 amide bonds.